The Balaban J connectivity index is 2.21. The van der Waals surface area contributed by atoms with Crippen LogP contribution in [-0.4, -0.2) is 25.0 Å². The lowest BCUT2D eigenvalue weighted by Crippen LogP contribution is -2.02. The molecule has 0 radical (unpaired) electrons. The average molecular weight is 242 g/mol. The minimum atomic E-state index is 0.303. The van der Waals surface area contributed by atoms with E-state index >= 15 is 0 Å². The molecule has 0 aliphatic rings. The molecule has 0 aromatic carbocycles. The minimum Gasteiger partial charge on any atom is -0.396 e. The molecule has 3 N–H and O–H groups in total. The van der Waals surface area contributed by atoms with Gasteiger partial charge in [-0.2, -0.15) is 10.2 Å². The monoisotopic (exact) mass is 242 g/mol. The molecule has 0 aliphatic heterocycles. The Morgan fingerprint density at radius 2 is 2.11 bits per heavy atom. The number of nitrogen functional groups attached to an aromatic ring is 1. The summed E-state index contributed by atoms with van der Waals surface area (Å²) in [5.41, 5.74) is 9.00. The summed E-state index contributed by atoms with van der Waals surface area (Å²) >= 11 is 0. The van der Waals surface area contributed by atoms with Crippen LogP contribution in [0.1, 0.15) is 19.9 Å². The summed E-state index contributed by atoms with van der Waals surface area (Å²) in [7, 11) is 0. The van der Waals surface area contributed by atoms with Crippen molar-refractivity contribution in [3.05, 3.63) is 24.7 Å². The second-order valence-electron chi connectivity index (χ2n) is 4.51. The molecule has 92 valence electrons. The topological polar surface area (TPSA) is 85.4 Å². The van der Waals surface area contributed by atoms with Crippen LogP contribution in [0.15, 0.2) is 24.7 Å². The van der Waals surface area contributed by atoms with E-state index in [2.05, 4.69) is 34.1 Å². The van der Waals surface area contributed by atoms with Gasteiger partial charge >= 0.3 is 0 Å². The molecular formula is C12H14N6. The van der Waals surface area contributed by atoms with E-state index in [4.69, 9.17) is 5.73 Å². The summed E-state index contributed by atoms with van der Waals surface area (Å²) in [5.74, 6) is 0. The normalized spacial score (nSPS) is 11.5. The van der Waals surface area contributed by atoms with Gasteiger partial charge in [-0.1, -0.05) is 0 Å². The summed E-state index contributed by atoms with van der Waals surface area (Å²) in [6, 6.07) is 2.28. The SMILES string of the molecule is CC(C)n1ncc2cnc(-c3[nH]ncc3N)cc21. The molecule has 0 saturated carbocycles. The number of hydrogen-bond donors (Lipinski definition) is 2. The maximum atomic E-state index is 5.83. The maximum Gasteiger partial charge on any atom is 0.106 e. The Morgan fingerprint density at radius 1 is 1.28 bits per heavy atom. The van der Waals surface area contributed by atoms with Crippen molar-refractivity contribution in [3.63, 3.8) is 0 Å². The molecule has 0 saturated heterocycles. The molecule has 0 fully saturated rings. The molecule has 0 aliphatic carbocycles. The van der Waals surface area contributed by atoms with E-state index < -0.39 is 0 Å². The molecule has 18 heavy (non-hydrogen) atoms. The van der Waals surface area contributed by atoms with E-state index in [1.54, 1.807) is 12.4 Å². The lowest BCUT2D eigenvalue weighted by atomic mass is 10.2. The fourth-order valence-corrected chi connectivity index (χ4v) is 1.99. The Bertz CT molecular complexity index is 693. The van der Waals surface area contributed by atoms with Crippen LogP contribution in [0.4, 0.5) is 5.69 Å². The van der Waals surface area contributed by atoms with Gasteiger partial charge in [-0.3, -0.25) is 14.8 Å². The number of aromatic nitrogens is 5. The van der Waals surface area contributed by atoms with Gasteiger partial charge in [0.15, 0.2) is 0 Å². The standard InChI is InChI=1S/C12H14N6/c1-7(2)18-11-3-10(12-9(13)6-15-17-12)14-4-8(11)5-16-18/h3-7H,13H2,1-2H3,(H,15,17). The van der Waals surface area contributed by atoms with Gasteiger partial charge < -0.3 is 5.73 Å². The van der Waals surface area contributed by atoms with E-state index in [1.165, 1.54) is 0 Å². The highest BCUT2D eigenvalue weighted by molar-refractivity contribution is 5.83. The second-order valence-corrected chi connectivity index (χ2v) is 4.51. The third kappa shape index (κ3) is 1.54. The van der Waals surface area contributed by atoms with Gasteiger partial charge in [-0.25, -0.2) is 0 Å². The summed E-state index contributed by atoms with van der Waals surface area (Å²) in [4.78, 5) is 4.38. The van der Waals surface area contributed by atoms with Gasteiger partial charge in [0.2, 0.25) is 0 Å². The van der Waals surface area contributed by atoms with Crippen molar-refractivity contribution in [3.8, 4) is 11.4 Å². The quantitative estimate of drug-likeness (QED) is 0.719. The first-order valence-corrected chi connectivity index (χ1v) is 5.79. The van der Waals surface area contributed by atoms with Crippen LogP contribution >= 0.6 is 0 Å². The first-order chi connectivity index (χ1) is 8.66. The third-order valence-corrected chi connectivity index (χ3v) is 2.89. The molecule has 3 aromatic heterocycles. The highest BCUT2D eigenvalue weighted by atomic mass is 15.3. The molecule has 3 rings (SSSR count). The highest BCUT2D eigenvalue weighted by Gasteiger charge is 2.11. The molecule has 0 unspecified atom stereocenters. The Kier molecular flexibility index (Phi) is 2.29. The number of pyridine rings is 1. The van der Waals surface area contributed by atoms with Gasteiger partial charge in [0, 0.05) is 17.6 Å². The number of rotatable bonds is 2. The van der Waals surface area contributed by atoms with Crippen molar-refractivity contribution < 1.29 is 0 Å². The van der Waals surface area contributed by atoms with E-state index in [0.717, 1.165) is 22.3 Å². The van der Waals surface area contributed by atoms with Crippen LogP contribution in [0.25, 0.3) is 22.3 Å². The van der Waals surface area contributed by atoms with E-state index in [1.807, 2.05) is 16.9 Å². The molecule has 6 heteroatoms. The lowest BCUT2D eigenvalue weighted by Gasteiger charge is -2.07. The Morgan fingerprint density at radius 3 is 2.78 bits per heavy atom. The van der Waals surface area contributed by atoms with E-state index in [0.29, 0.717) is 11.7 Å². The number of nitrogens with zero attached hydrogens (tertiary/aromatic N) is 4. The average Bonchev–Trinajstić information content (AvgIpc) is 2.93. The summed E-state index contributed by atoms with van der Waals surface area (Å²) in [5, 5.41) is 12.1. The first-order valence-electron chi connectivity index (χ1n) is 5.79. The Hall–Kier alpha value is -2.37. The number of H-pyrrole nitrogens is 1. The zero-order valence-electron chi connectivity index (χ0n) is 10.3. The molecule has 0 spiro atoms. The van der Waals surface area contributed by atoms with Crippen LogP contribution < -0.4 is 5.73 Å². The predicted molar refractivity (Wildman–Crippen MR) is 69.9 cm³/mol. The molecule has 6 nitrogen and oxygen atoms in total. The van der Waals surface area contributed by atoms with Crippen molar-refractivity contribution in [1.82, 2.24) is 25.0 Å². The third-order valence-electron chi connectivity index (χ3n) is 2.89. The molecule has 3 aromatic rings. The van der Waals surface area contributed by atoms with Crippen LogP contribution in [0.5, 0.6) is 0 Å². The van der Waals surface area contributed by atoms with Crippen LogP contribution in [-0.2, 0) is 0 Å². The number of hydrogen-bond acceptors (Lipinski definition) is 4. The highest BCUT2D eigenvalue weighted by Crippen LogP contribution is 2.25. The van der Waals surface area contributed by atoms with Crippen molar-refractivity contribution in [2.24, 2.45) is 0 Å². The van der Waals surface area contributed by atoms with Crippen molar-refractivity contribution in [2.75, 3.05) is 5.73 Å². The zero-order chi connectivity index (χ0) is 12.7. The molecule has 0 amide bonds. The van der Waals surface area contributed by atoms with Crippen LogP contribution in [0.2, 0.25) is 0 Å². The summed E-state index contributed by atoms with van der Waals surface area (Å²) < 4.78 is 1.97. The summed E-state index contributed by atoms with van der Waals surface area (Å²) in [6.45, 7) is 4.19. The number of aromatic amines is 1. The number of anilines is 1. The van der Waals surface area contributed by atoms with Crippen molar-refractivity contribution in [1.29, 1.82) is 0 Å². The number of nitrogens with two attached hydrogens (primary N) is 1. The number of nitrogens with one attached hydrogen (secondary N) is 1. The van der Waals surface area contributed by atoms with Gasteiger partial charge in [0.1, 0.15) is 5.69 Å². The molecule has 0 bridgehead atoms. The largest absolute Gasteiger partial charge is 0.396 e. The minimum absolute atomic E-state index is 0.303. The van der Waals surface area contributed by atoms with Crippen LogP contribution in [0, 0.1) is 0 Å². The summed E-state index contributed by atoms with van der Waals surface area (Å²) in [6.07, 6.45) is 5.21. The van der Waals surface area contributed by atoms with E-state index in [-0.39, 0.29) is 0 Å². The van der Waals surface area contributed by atoms with Crippen LogP contribution in [0.3, 0.4) is 0 Å². The van der Waals surface area contributed by atoms with Gasteiger partial charge in [-0.05, 0) is 19.9 Å². The Labute approximate surface area is 104 Å². The predicted octanol–water partition coefficient (Wildman–Crippen LogP) is 1.98. The smallest absolute Gasteiger partial charge is 0.106 e. The van der Waals surface area contributed by atoms with Gasteiger partial charge in [-0.15, -0.1) is 0 Å². The second kappa shape index (κ2) is 3.83. The van der Waals surface area contributed by atoms with Gasteiger partial charge in [0.25, 0.3) is 0 Å². The van der Waals surface area contributed by atoms with Crippen molar-refractivity contribution in [2.45, 2.75) is 19.9 Å². The fourth-order valence-electron chi connectivity index (χ4n) is 1.99. The first kappa shape index (κ1) is 10.8. The molecule has 0 atom stereocenters. The fraction of sp³-hybridized carbons (Fsp3) is 0.250. The maximum absolute atomic E-state index is 5.83. The van der Waals surface area contributed by atoms with Gasteiger partial charge in [0.05, 0.1) is 29.3 Å². The van der Waals surface area contributed by atoms with Crippen molar-refractivity contribution >= 4 is 16.6 Å². The molecular weight excluding hydrogens is 228 g/mol. The lowest BCUT2D eigenvalue weighted by molar-refractivity contribution is 0.551. The van der Waals surface area contributed by atoms with E-state index in [9.17, 15) is 0 Å². The molecule has 3 heterocycles. The number of fused-ring (bicyclic) bond motifs is 1. The zero-order valence-corrected chi connectivity index (χ0v) is 10.3.